The lowest BCUT2D eigenvalue weighted by molar-refractivity contribution is -0.143. The Morgan fingerprint density at radius 2 is 1.72 bits per heavy atom. The number of benzene rings is 2. The van der Waals surface area contributed by atoms with Crippen molar-refractivity contribution in [2.75, 3.05) is 13.7 Å². The lowest BCUT2D eigenvalue weighted by atomic mass is 10.1. The molecule has 0 bridgehead atoms. The fraction of sp³-hybridized carbons (Fsp3) is 0.440. The van der Waals surface area contributed by atoms with E-state index in [1.165, 1.54) is 5.56 Å². The van der Waals surface area contributed by atoms with Crippen LogP contribution in [0.3, 0.4) is 0 Å². The Hall–Kier alpha value is -2.54. The number of hydrogen-bond donors (Lipinski definition) is 1. The SMILES string of the molecule is CCc1ccc(OCC(=O)N(Cc2ccc(OC)cc2)C(CC)C(=O)NC(C)C)c(Br)c1. The smallest absolute Gasteiger partial charge is 0.261 e. The van der Waals surface area contributed by atoms with Gasteiger partial charge in [-0.25, -0.2) is 0 Å². The Balaban J connectivity index is 2.22. The summed E-state index contributed by atoms with van der Waals surface area (Å²) in [6.07, 6.45) is 1.41. The average molecular weight is 505 g/mol. The molecule has 0 heterocycles. The van der Waals surface area contributed by atoms with Crippen molar-refractivity contribution in [3.63, 3.8) is 0 Å². The normalized spacial score (nSPS) is 11.7. The molecule has 2 aromatic rings. The first-order valence-corrected chi connectivity index (χ1v) is 11.7. The van der Waals surface area contributed by atoms with Crippen molar-refractivity contribution in [2.24, 2.45) is 0 Å². The van der Waals surface area contributed by atoms with E-state index in [4.69, 9.17) is 9.47 Å². The minimum Gasteiger partial charge on any atom is -0.497 e. The van der Waals surface area contributed by atoms with Crippen molar-refractivity contribution in [1.82, 2.24) is 10.2 Å². The molecule has 0 aliphatic carbocycles. The van der Waals surface area contributed by atoms with Crippen LogP contribution in [-0.2, 0) is 22.6 Å². The van der Waals surface area contributed by atoms with E-state index in [0.717, 1.165) is 22.2 Å². The number of rotatable bonds is 11. The summed E-state index contributed by atoms with van der Waals surface area (Å²) in [5.41, 5.74) is 2.08. The number of carbonyl (C=O) groups is 2. The second-order valence-corrected chi connectivity index (χ2v) is 8.72. The van der Waals surface area contributed by atoms with E-state index in [1.54, 1.807) is 12.0 Å². The molecule has 0 aromatic heterocycles. The molecule has 0 saturated carbocycles. The number of nitrogens with zero attached hydrogens (tertiary/aromatic N) is 1. The number of methoxy groups -OCH3 is 1. The third-order valence-corrected chi connectivity index (χ3v) is 5.70. The van der Waals surface area contributed by atoms with Crippen molar-refractivity contribution in [2.45, 2.75) is 59.2 Å². The summed E-state index contributed by atoms with van der Waals surface area (Å²) >= 11 is 3.51. The highest BCUT2D eigenvalue weighted by molar-refractivity contribution is 9.10. The van der Waals surface area contributed by atoms with Crippen LogP contribution in [0.4, 0.5) is 0 Å². The molecule has 32 heavy (non-hydrogen) atoms. The summed E-state index contributed by atoms with van der Waals surface area (Å²) in [6.45, 7) is 7.93. The van der Waals surface area contributed by atoms with Gasteiger partial charge in [-0.3, -0.25) is 9.59 Å². The molecule has 7 heteroatoms. The Morgan fingerprint density at radius 3 is 2.25 bits per heavy atom. The largest absolute Gasteiger partial charge is 0.497 e. The van der Waals surface area contributed by atoms with Gasteiger partial charge in [0, 0.05) is 12.6 Å². The fourth-order valence-electron chi connectivity index (χ4n) is 3.33. The maximum atomic E-state index is 13.2. The Morgan fingerprint density at radius 1 is 1.06 bits per heavy atom. The van der Waals surface area contributed by atoms with E-state index in [9.17, 15) is 9.59 Å². The second-order valence-electron chi connectivity index (χ2n) is 7.86. The second kappa shape index (κ2) is 12.5. The minimum absolute atomic E-state index is 0.0150. The number of ether oxygens (including phenoxy) is 2. The third kappa shape index (κ3) is 7.26. The van der Waals surface area contributed by atoms with Gasteiger partial charge in [-0.1, -0.05) is 32.0 Å². The van der Waals surface area contributed by atoms with E-state index in [-0.39, 0.29) is 24.5 Å². The topological polar surface area (TPSA) is 67.9 Å². The highest BCUT2D eigenvalue weighted by atomic mass is 79.9. The van der Waals surface area contributed by atoms with Gasteiger partial charge < -0.3 is 19.7 Å². The molecule has 1 N–H and O–H groups in total. The van der Waals surface area contributed by atoms with Crippen LogP contribution in [0.5, 0.6) is 11.5 Å². The molecule has 0 spiro atoms. The van der Waals surface area contributed by atoms with E-state index in [1.807, 2.05) is 63.2 Å². The maximum absolute atomic E-state index is 13.2. The summed E-state index contributed by atoms with van der Waals surface area (Å²) in [7, 11) is 1.61. The molecule has 2 amide bonds. The predicted molar refractivity (Wildman–Crippen MR) is 130 cm³/mol. The molecule has 1 unspecified atom stereocenters. The summed E-state index contributed by atoms with van der Waals surface area (Å²) < 4.78 is 11.8. The first-order chi connectivity index (χ1) is 15.3. The van der Waals surface area contributed by atoms with Gasteiger partial charge in [-0.2, -0.15) is 0 Å². The number of amides is 2. The molecular formula is C25H33BrN2O4. The molecule has 1 atom stereocenters. The van der Waals surface area contributed by atoms with Gasteiger partial charge in [0.25, 0.3) is 5.91 Å². The Bertz CT molecular complexity index is 899. The van der Waals surface area contributed by atoms with Crippen molar-refractivity contribution < 1.29 is 19.1 Å². The molecular weight excluding hydrogens is 472 g/mol. The summed E-state index contributed by atoms with van der Waals surface area (Å²) in [5, 5.41) is 2.93. The van der Waals surface area contributed by atoms with Crippen molar-refractivity contribution >= 4 is 27.7 Å². The van der Waals surface area contributed by atoms with Gasteiger partial charge in [0.15, 0.2) is 6.61 Å². The van der Waals surface area contributed by atoms with Crippen molar-refractivity contribution in [3.05, 3.63) is 58.1 Å². The number of carbonyl (C=O) groups excluding carboxylic acids is 2. The molecule has 2 aromatic carbocycles. The van der Waals surface area contributed by atoms with Crippen LogP contribution in [0, 0.1) is 0 Å². The first kappa shape index (κ1) is 25.7. The number of aryl methyl sites for hydroxylation is 1. The molecule has 0 fully saturated rings. The van der Waals surface area contributed by atoms with Gasteiger partial charge in [0.05, 0.1) is 11.6 Å². The van der Waals surface area contributed by atoms with Crippen LogP contribution in [-0.4, -0.2) is 42.5 Å². The molecule has 0 aliphatic rings. The monoisotopic (exact) mass is 504 g/mol. The highest BCUT2D eigenvalue weighted by Gasteiger charge is 2.29. The predicted octanol–water partition coefficient (Wildman–Crippen LogP) is 4.73. The van der Waals surface area contributed by atoms with E-state index in [0.29, 0.717) is 18.7 Å². The van der Waals surface area contributed by atoms with E-state index in [2.05, 4.69) is 28.2 Å². The van der Waals surface area contributed by atoms with Crippen LogP contribution in [0.1, 0.15) is 45.2 Å². The lowest BCUT2D eigenvalue weighted by Gasteiger charge is -2.31. The molecule has 0 radical (unpaired) electrons. The van der Waals surface area contributed by atoms with Gasteiger partial charge in [-0.15, -0.1) is 0 Å². The van der Waals surface area contributed by atoms with Crippen LogP contribution in [0.15, 0.2) is 46.9 Å². The Kier molecular flexibility index (Phi) is 10.0. The zero-order valence-corrected chi connectivity index (χ0v) is 21.1. The van der Waals surface area contributed by atoms with Crippen molar-refractivity contribution in [3.8, 4) is 11.5 Å². The molecule has 6 nitrogen and oxygen atoms in total. The summed E-state index contributed by atoms with van der Waals surface area (Å²) in [5.74, 6) is 0.912. The van der Waals surface area contributed by atoms with Gasteiger partial charge >= 0.3 is 0 Å². The molecule has 0 aliphatic heterocycles. The average Bonchev–Trinajstić information content (AvgIpc) is 2.77. The van der Waals surface area contributed by atoms with Crippen LogP contribution in [0.2, 0.25) is 0 Å². The molecule has 174 valence electrons. The fourth-order valence-corrected chi connectivity index (χ4v) is 3.87. The minimum atomic E-state index is -0.596. The van der Waals surface area contributed by atoms with Crippen LogP contribution >= 0.6 is 15.9 Å². The summed E-state index contributed by atoms with van der Waals surface area (Å²) in [4.78, 5) is 27.7. The number of hydrogen-bond acceptors (Lipinski definition) is 4. The van der Waals surface area contributed by atoms with Gasteiger partial charge in [0.2, 0.25) is 5.91 Å². The van der Waals surface area contributed by atoms with Crippen LogP contribution in [0.25, 0.3) is 0 Å². The zero-order valence-electron chi connectivity index (χ0n) is 19.5. The standard InChI is InChI=1S/C25H33BrN2O4/c1-6-18-10-13-23(21(26)14-18)32-16-24(29)28(22(7-2)25(30)27-17(3)4)15-19-8-11-20(31-5)12-9-19/h8-14,17,22H,6-7,15-16H2,1-5H3,(H,27,30). The zero-order chi connectivity index (χ0) is 23.7. The summed E-state index contributed by atoms with van der Waals surface area (Å²) in [6, 6.07) is 12.7. The first-order valence-electron chi connectivity index (χ1n) is 10.9. The van der Waals surface area contributed by atoms with Crippen LogP contribution < -0.4 is 14.8 Å². The highest BCUT2D eigenvalue weighted by Crippen LogP contribution is 2.26. The van der Waals surface area contributed by atoms with E-state index < -0.39 is 6.04 Å². The third-order valence-electron chi connectivity index (χ3n) is 5.08. The van der Waals surface area contributed by atoms with Crippen molar-refractivity contribution in [1.29, 1.82) is 0 Å². The maximum Gasteiger partial charge on any atom is 0.261 e. The van der Waals surface area contributed by atoms with E-state index >= 15 is 0 Å². The quantitative estimate of drug-likeness (QED) is 0.480. The molecule has 0 saturated heterocycles. The molecule has 2 rings (SSSR count). The lowest BCUT2D eigenvalue weighted by Crippen LogP contribution is -2.51. The van der Waals surface area contributed by atoms with Gasteiger partial charge in [-0.05, 0) is 78.0 Å². The van der Waals surface area contributed by atoms with Gasteiger partial charge in [0.1, 0.15) is 17.5 Å². The number of nitrogens with one attached hydrogen (secondary N) is 1. The number of halogens is 1. The Labute approximate surface area is 199 Å².